The van der Waals surface area contributed by atoms with E-state index in [1.54, 1.807) is 19.2 Å². The number of rotatable bonds is 7. The average Bonchev–Trinajstić information content (AvgIpc) is 3.52. The Labute approximate surface area is 154 Å². The molecule has 0 aliphatic heterocycles. The Morgan fingerprint density at radius 3 is 2.38 bits per heavy atom. The number of amides is 1. The van der Waals surface area contributed by atoms with Crippen molar-refractivity contribution in [3.63, 3.8) is 0 Å². The summed E-state index contributed by atoms with van der Waals surface area (Å²) in [4.78, 5) is 16.8. The van der Waals surface area contributed by atoms with Crippen LogP contribution in [0.4, 0.5) is 5.69 Å². The van der Waals surface area contributed by atoms with E-state index in [9.17, 15) is 9.90 Å². The first kappa shape index (κ1) is 18.5. The Kier molecular flexibility index (Phi) is 5.32. The van der Waals surface area contributed by atoms with Gasteiger partial charge in [-0.15, -0.1) is 0 Å². The molecule has 0 unspecified atom stereocenters. The first-order valence-electron chi connectivity index (χ1n) is 9.21. The highest BCUT2D eigenvalue weighted by molar-refractivity contribution is 6.14. The maximum atomic E-state index is 12.6. The van der Waals surface area contributed by atoms with Gasteiger partial charge in [-0.05, 0) is 74.3 Å². The molecule has 2 aliphatic carbocycles. The number of phenolic OH excluding ortho intramolecular Hbond substituents is 1. The average molecular weight is 356 g/mol. The molecule has 2 saturated carbocycles. The predicted molar refractivity (Wildman–Crippen MR) is 104 cm³/mol. The van der Waals surface area contributed by atoms with Crippen molar-refractivity contribution >= 4 is 17.3 Å². The van der Waals surface area contributed by atoms with Gasteiger partial charge in [-0.2, -0.15) is 0 Å². The van der Waals surface area contributed by atoms with E-state index in [1.807, 2.05) is 6.92 Å². The summed E-state index contributed by atoms with van der Waals surface area (Å²) >= 11 is 0. The van der Waals surface area contributed by atoms with Crippen molar-refractivity contribution in [3.05, 3.63) is 35.5 Å². The number of hydrogen-bond donors (Lipinski definition) is 4. The summed E-state index contributed by atoms with van der Waals surface area (Å²) in [6, 6.07) is 4.51. The standard InChI is InChI=1S/C20H28N4O2/c1-11(10-21)19(23-2)15-8-7-14(9-16(15)25)24-20(26)18(22)17(12-3-4-12)13-5-6-13/h7-10,12-13,17-18,25H,3-6,21-22H2,1-2H3,(H,24,26)/t18-/m0/s1. The molecule has 1 aromatic carbocycles. The van der Waals surface area contributed by atoms with Crippen molar-refractivity contribution < 1.29 is 9.90 Å². The number of nitrogens with two attached hydrogens (primary N) is 2. The van der Waals surface area contributed by atoms with Gasteiger partial charge in [0.1, 0.15) is 5.75 Å². The molecule has 0 saturated heterocycles. The van der Waals surface area contributed by atoms with Gasteiger partial charge in [0.05, 0.1) is 11.8 Å². The van der Waals surface area contributed by atoms with Crippen molar-refractivity contribution in [1.82, 2.24) is 0 Å². The van der Waals surface area contributed by atoms with E-state index in [-0.39, 0.29) is 11.7 Å². The quantitative estimate of drug-likeness (QED) is 0.562. The van der Waals surface area contributed by atoms with E-state index in [2.05, 4.69) is 10.3 Å². The zero-order valence-electron chi connectivity index (χ0n) is 15.4. The van der Waals surface area contributed by atoms with Crippen molar-refractivity contribution in [2.24, 2.45) is 34.2 Å². The van der Waals surface area contributed by atoms with Gasteiger partial charge in [-0.25, -0.2) is 0 Å². The molecule has 1 amide bonds. The lowest BCUT2D eigenvalue weighted by Crippen LogP contribution is -2.43. The van der Waals surface area contributed by atoms with Crippen LogP contribution in [-0.2, 0) is 4.79 Å². The Morgan fingerprint density at radius 2 is 1.92 bits per heavy atom. The highest BCUT2D eigenvalue weighted by Gasteiger charge is 2.46. The molecule has 2 fully saturated rings. The number of hydrogen-bond acceptors (Lipinski definition) is 5. The molecule has 1 atom stereocenters. The van der Waals surface area contributed by atoms with Gasteiger partial charge >= 0.3 is 0 Å². The number of aliphatic imine (C=N–C) groups is 1. The number of aromatic hydroxyl groups is 1. The Balaban J connectivity index is 1.72. The third kappa shape index (κ3) is 3.90. The maximum absolute atomic E-state index is 12.6. The van der Waals surface area contributed by atoms with Crippen LogP contribution in [0.3, 0.4) is 0 Å². The summed E-state index contributed by atoms with van der Waals surface area (Å²) < 4.78 is 0. The number of anilines is 1. The molecule has 0 aromatic heterocycles. The lowest BCUT2D eigenvalue weighted by atomic mass is 9.89. The number of allylic oxidation sites excluding steroid dienone is 1. The van der Waals surface area contributed by atoms with Crippen LogP contribution < -0.4 is 16.8 Å². The number of carbonyl (C=O) groups is 1. The Morgan fingerprint density at radius 1 is 1.31 bits per heavy atom. The van der Waals surface area contributed by atoms with Gasteiger partial charge in [0.15, 0.2) is 0 Å². The van der Waals surface area contributed by atoms with E-state index >= 15 is 0 Å². The van der Waals surface area contributed by atoms with E-state index in [0.29, 0.717) is 34.7 Å². The molecule has 140 valence electrons. The fourth-order valence-electron chi connectivity index (χ4n) is 3.73. The van der Waals surface area contributed by atoms with Gasteiger partial charge in [0.2, 0.25) is 5.91 Å². The summed E-state index contributed by atoms with van der Waals surface area (Å²) in [5, 5.41) is 13.2. The van der Waals surface area contributed by atoms with Gasteiger partial charge < -0.3 is 21.9 Å². The van der Waals surface area contributed by atoms with Crippen LogP contribution in [0, 0.1) is 17.8 Å². The van der Waals surface area contributed by atoms with Gasteiger partial charge in [-0.1, -0.05) is 0 Å². The summed E-state index contributed by atoms with van der Waals surface area (Å²) in [6.45, 7) is 1.83. The topological polar surface area (TPSA) is 114 Å². The predicted octanol–water partition coefficient (Wildman–Crippen LogP) is 2.38. The van der Waals surface area contributed by atoms with Crippen LogP contribution in [0.2, 0.25) is 0 Å². The van der Waals surface area contributed by atoms with Crippen LogP contribution in [0.5, 0.6) is 5.75 Å². The highest BCUT2D eigenvalue weighted by atomic mass is 16.3. The number of carbonyl (C=O) groups excluding carboxylic acids is 1. The molecule has 6 nitrogen and oxygen atoms in total. The number of nitrogens with zero attached hydrogens (tertiary/aromatic N) is 1. The molecular formula is C20H28N4O2. The molecular weight excluding hydrogens is 328 g/mol. The zero-order chi connectivity index (χ0) is 18.8. The van der Waals surface area contributed by atoms with Crippen LogP contribution in [0.25, 0.3) is 0 Å². The molecule has 26 heavy (non-hydrogen) atoms. The van der Waals surface area contributed by atoms with Crippen molar-refractivity contribution in [2.45, 2.75) is 38.6 Å². The molecule has 6 heteroatoms. The molecule has 2 aliphatic rings. The molecule has 3 rings (SSSR count). The zero-order valence-corrected chi connectivity index (χ0v) is 15.4. The minimum Gasteiger partial charge on any atom is -0.507 e. The number of nitrogens with one attached hydrogen (secondary N) is 1. The Hall–Kier alpha value is -2.34. The normalized spacial score (nSPS) is 19.5. The van der Waals surface area contributed by atoms with E-state index in [4.69, 9.17) is 11.5 Å². The van der Waals surface area contributed by atoms with Crippen LogP contribution in [0.1, 0.15) is 38.2 Å². The van der Waals surface area contributed by atoms with Crippen molar-refractivity contribution in [1.29, 1.82) is 0 Å². The largest absolute Gasteiger partial charge is 0.507 e. The second-order valence-electron chi connectivity index (χ2n) is 7.42. The van der Waals surface area contributed by atoms with Crippen LogP contribution in [-0.4, -0.2) is 29.8 Å². The summed E-state index contributed by atoms with van der Waals surface area (Å²) in [6.07, 6.45) is 6.19. The van der Waals surface area contributed by atoms with Gasteiger partial charge in [0.25, 0.3) is 0 Å². The van der Waals surface area contributed by atoms with Gasteiger partial charge in [-0.3, -0.25) is 9.79 Å². The lowest BCUT2D eigenvalue weighted by molar-refractivity contribution is -0.118. The first-order chi connectivity index (χ1) is 12.5. The van der Waals surface area contributed by atoms with Crippen molar-refractivity contribution in [2.75, 3.05) is 12.4 Å². The second-order valence-corrected chi connectivity index (χ2v) is 7.42. The third-order valence-corrected chi connectivity index (χ3v) is 5.42. The van der Waals surface area contributed by atoms with Crippen LogP contribution in [0.15, 0.2) is 35.0 Å². The van der Waals surface area contributed by atoms with E-state index in [1.165, 1.54) is 37.9 Å². The Bertz CT molecular complexity index is 736. The highest BCUT2D eigenvalue weighted by Crippen LogP contribution is 2.50. The fourth-order valence-corrected chi connectivity index (χ4v) is 3.73. The minimum absolute atomic E-state index is 0.0408. The summed E-state index contributed by atoms with van der Waals surface area (Å²) in [5.74, 6) is 1.36. The molecule has 0 spiro atoms. The number of phenols is 1. The first-order valence-corrected chi connectivity index (χ1v) is 9.21. The molecule has 6 N–H and O–H groups in total. The monoisotopic (exact) mass is 356 g/mol. The van der Waals surface area contributed by atoms with Gasteiger partial charge in [0, 0.05) is 24.4 Å². The third-order valence-electron chi connectivity index (χ3n) is 5.42. The molecule has 0 bridgehead atoms. The summed E-state index contributed by atoms with van der Waals surface area (Å²) in [5.41, 5.74) is 14.3. The van der Waals surface area contributed by atoms with E-state index < -0.39 is 6.04 Å². The molecule has 0 radical (unpaired) electrons. The fraction of sp³-hybridized carbons (Fsp3) is 0.500. The maximum Gasteiger partial charge on any atom is 0.241 e. The molecule has 1 aromatic rings. The van der Waals surface area contributed by atoms with Crippen LogP contribution >= 0.6 is 0 Å². The SMILES string of the molecule is CN=C(C(C)=CN)c1ccc(NC(=O)[C@@H](N)C(C2CC2)C2CC2)cc1O. The van der Waals surface area contributed by atoms with E-state index in [0.717, 1.165) is 5.57 Å². The second kappa shape index (κ2) is 7.50. The lowest BCUT2D eigenvalue weighted by Gasteiger charge is -2.23. The van der Waals surface area contributed by atoms with Crippen molar-refractivity contribution in [3.8, 4) is 5.75 Å². The summed E-state index contributed by atoms with van der Waals surface area (Å²) in [7, 11) is 1.65. The number of benzene rings is 1. The smallest absolute Gasteiger partial charge is 0.241 e. The molecule has 0 heterocycles. The minimum atomic E-state index is -0.494.